The Balaban J connectivity index is 1.42. The molecule has 4 aliphatic carbocycles. The van der Waals surface area contributed by atoms with Crippen molar-refractivity contribution in [3.63, 3.8) is 0 Å². The quantitative estimate of drug-likeness (QED) is 0.564. The van der Waals surface area contributed by atoms with Crippen molar-refractivity contribution >= 4 is 17.7 Å². The molecule has 4 fully saturated rings. The fourth-order valence-electron chi connectivity index (χ4n) is 7.33. The Kier molecular flexibility index (Phi) is 4.51. The number of hydrogen-bond donors (Lipinski definition) is 3. The number of carbonyl (C=O) groups excluding carboxylic acids is 3. The standard InChI is InChI=1S/C25H37N3O4/c1-22(2,3)11-18(29)27-19(16-6-14-5-15(7-16)9-23(4,32)8-14)21(31)28-17(20(26)30)10-24-12-25(24,28)13-24/h8,15-17,19,32H,5-7,9-13H2,1-4H3,(H2,26,30)(H,27,29). The van der Waals surface area contributed by atoms with Gasteiger partial charge in [-0.1, -0.05) is 32.4 Å². The minimum Gasteiger partial charge on any atom is -0.386 e. The molecular weight excluding hydrogens is 406 g/mol. The lowest BCUT2D eigenvalue weighted by Crippen LogP contribution is -2.59. The zero-order valence-electron chi connectivity index (χ0n) is 19.7. The van der Waals surface area contributed by atoms with E-state index in [0.717, 1.165) is 25.7 Å². The van der Waals surface area contributed by atoms with Crippen LogP contribution < -0.4 is 11.1 Å². The second-order valence-electron chi connectivity index (χ2n) is 12.9. The molecule has 1 saturated heterocycles. The Hall–Kier alpha value is -1.89. The van der Waals surface area contributed by atoms with Crippen LogP contribution in [0.15, 0.2) is 11.6 Å². The number of nitrogens with zero attached hydrogens (tertiary/aromatic N) is 1. The van der Waals surface area contributed by atoms with Crippen LogP contribution in [0.1, 0.15) is 79.1 Å². The van der Waals surface area contributed by atoms with E-state index in [2.05, 4.69) is 5.32 Å². The number of carbonyl (C=O) groups is 3. The molecule has 3 amide bonds. The molecule has 1 heterocycles. The summed E-state index contributed by atoms with van der Waals surface area (Å²) in [7, 11) is 0. The van der Waals surface area contributed by atoms with E-state index in [1.807, 2.05) is 33.8 Å². The van der Waals surface area contributed by atoms with Gasteiger partial charge in [-0.25, -0.2) is 0 Å². The lowest BCUT2D eigenvalue weighted by Gasteiger charge is -2.43. The number of piperidine rings is 2. The number of likely N-dealkylation sites (tertiary alicyclic amines) is 1. The van der Waals surface area contributed by atoms with Crippen LogP contribution in [0.2, 0.25) is 0 Å². The summed E-state index contributed by atoms with van der Waals surface area (Å²) in [5.41, 5.74) is 5.79. The number of allylic oxidation sites excluding steroid dienone is 1. The van der Waals surface area contributed by atoms with E-state index in [-0.39, 0.29) is 34.1 Å². The maximum absolute atomic E-state index is 14.0. The number of nitrogens with two attached hydrogens (primary N) is 1. The smallest absolute Gasteiger partial charge is 0.246 e. The summed E-state index contributed by atoms with van der Waals surface area (Å²) in [4.78, 5) is 40.9. The first kappa shape index (κ1) is 21.9. The Morgan fingerprint density at radius 3 is 2.53 bits per heavy atom. The SMILES string of the molecule is CC(C)(C)CC(=O)NC(C(=O)N1C(C(N)=O)CC23CC12C3)C1CC2=CC(C)(O)CC(C2)C1. The Labute approximate surface area is 190 Å². The van der Waals surface area contributed by atoms with Gasteiger partial charge in [0.05, 0.1) is 11.1 Å². The third-order valence-electron chi connectivity index (χ3n) is 8.59. The molecule has 4 N–H and O–H groups in total. The molecule has 2 bridgehead atoms. The van der Waals surface area contributed by atoms with Gasteiger partial charge in [-0.2, -0.15) is 0 Å². The number of fused-ring (bicyclic) bond motifs is 2. The van der Waals surface area contributed by atoms with Crippen LogP contribution >= 0.6 is 0 Å². The molecule has 176 valence electrons. The highest BCUT2D eigenvalue weighted by Gasteiger charge is 2.91. The minimum absolute atomic E-state index is 0.0371. The first-order valence-corrected chi connectivity index (χ1v) is 12.1. The number of rotatable bonds is 5. The summed E-state index contributed by atoms with van der Waals surface area (Å²) in [5, 5.41) is 13.7. The Bertz CT molecular complexity index is 909. The van der Waals surface area contributed by atoms with Gasteiger partial charge in [0.15, 0.2) is 0 Å². The Morgan fingerprint density at radius 1 is 1.25 bits per heavy atom. The molecule has 7 heteroatoms. The molecule has 7 nitrogen and oxygen atoms in total. The molecule has 0 aromatic carbocycles. The zero-order chi connectivity index (χ0) is 23.3. The monoisotopic (exact) mass is 443 g/mol. The van der Waals surface area contributed by atoms with Crippen LogP contribution in [0.4, 0.5) is 0 Å². The number of hydrogen-bond acceptors (Lipinski definition) is 4. The van der Waals surface area contributed by atoms with E-state index in [0.29, 0.717) is 31.6 Å². The Morgan fingerprint density at radius 2 is 1.94 bits per heavy atom. The van der Waals surface area contributed by atoms with Crippen molar-refractivity contribution < 1.29 is 19.5 Å². The number of nitrogens with one attached hydrogen (secondary N) is 1. The fourth-order valence-corrected chi connectivity index (χ4v) is 7.33. The summed E-state index contributed by atoms with van der Waals surface area (Å²) in [6.45, 7) is 7.86. The van der Waals surface area contributed by atoms with Gasteiger partial charge in [-0.15, -0.1) is 0 Å². The van der Waals surface area contributed by atoms with Gasteiger partial charge in [0.25, 0.3) is 0 Å². The molecule has 32 heavy (non-hydrogen) atoms. The molecule has 5 aliphatic rings. The van der Waals surface area contributed by atoms with Gasteiger partial charge in [0.2, 0.25) is 17.7 Å². The minimum atomic E-state index is -0.801. The third kappa shape index (κ3) is 3.47. The molecule has 3 saturated carbocycles. The van der Waals surface area contributed by atoms with E-state index in [1.165, 1.54) is 5.57 Å². The van der Waals surface area contributed by atoms with E-state index >= 15 is 0 Å². The van der Waals surface area contributed by atoms with Crippen LogP contribution in [-0.2, 0) is 14.4 Å². The number of primary amides is 1. The van der Waals surface area contributed by atoms with Gasteiger partial charge in [-0.3, -0.25) is 14.4 Å². The maximum Gasteiger partial charge on any atom is 0.246 e. The van der Waals surface area contributed by atoms with Gasteiger partial charge in [0.1, 0.15) is 12.1 Å². The molecule has 5 atom stereocenters. The summed E-state index contributed by atoms with van der Waals surface area (Å²) in [6.07, 6.45) is 7.95. The topological polar surface area (TPSA) is 113 Å². The normalized spacial score (nSPS) is 42.3. The summed E-state index contributed by atoms with van der Waals surface area (Å²) < 4.78 is 0. The zero-order valence-corrected chi connectivity index (χ0v) is 19.7. The van der Waals surface area contributed by atoms with E-state index < -0.39 is 23.6 Å². The van der Waals surface area contributed by atoms with Crippen molar-refractivity contribution in [2.75, 3.05) is 0 Å². The average Bonchev–Trinajstić information content (AvgIpc) is 3.37. The molecule has 0 aromatic rings. The lowest BCUT2D eigenvalue weighted by atomic mass is 9.67. The van der Waals surface area contributed by atoms with Crippen molar-refractivity contribution in [1.82, 2.24) is 10.2 Å². The molecule has 0 spiro atoms. The molecule has 1 aliphatic heterocycles. The number of amides is 3. The van der Waals surface area contributed by atoms with Crippen LogP contribution in [0.25, 0.3) is 0 Å². The second-order valence-corrected chi connectivity index (χ2v) is 12.9. The van der Waals surface area contributed by atoms with Crippen molar-refractivity contribution in [2.24, 2.45) is 28.4 Å². The first-order valence-electron chi connectivity index (χ1n) is 12.1. The predicted molar refractivity (Wildman–Crippen MR) is 119 cm³/mol. The third-order valence-corrected chi connectivity index (χ3v) is 8.59. The van der Waals surface area contributed by atoms with Crippen molar-refractivity contribution in [1.29, 1.82) is 0 Å². The van der Waals surface area contributed by atoms with E-state index in [9.17, 15) is 19.5 Å². The first-order chi connectivity index (χ1) is 14.7. The summed E-state index contributed by atoms with van der Waals surface area (Å²) in [5.74, 6) is -0.445. The highest BCUT2D eigenvalue weighted by molar-refractivity contribution is 5.95. The van der Waals surface area contributed by atoms with Crippen LogP contribution in [0.5, 0.6) is 0 Å². The maximum atomic E-state index is 14.0. The molecular formula is C25H37N3O4. The predicted octanol–water partition coefficient (Wildman–Crippen LogP) is 2.02. The lowest BCUT2D eigenvalue weighted by molar-refractivity contribution is -0.146. The highest BCUT2D eigenvalue weighted by atomic mass is 16.3. The highest BCUT2D eigenvalue weighted by Crippen LogP contribution is 2.87. The van der Waals surface area contributed by atoms with Crippen LogP contribution in [0, 0.1) is 22.7 Å². The van der Waals surface area contributed by atoms with Gasteiger partial charge in [0, 0.05) is 11.8 Å². The molecule has 0 aromatic heterocycles. The van der Waals surface area contributed by atoms with Crippen LogP contribution in [0.3, 0.4) is 0 Å². The molecule has 0 radical (unpaired) electrons. The largest absolute Gasteiger partial charge is 0.386 e. The number of aliphatic hydroxyl groups is 1. The van der Waals surface area contributed by atoms with Crippen molar-refractivity contribution in [2.45, 2.75) is 102 Å². The van der Waals surface area contributed by atoms with Gasteiger partial charge < -0.3 is 21.1 Å². The van der Waals surface area contributed by atoms with Crippen molar-refractivity contribution in [3.05, 3.63) is 11.6 Å². The van der Waals surface area contributed by atoms with E-state index in [4.69, 9.17) is 5.73 Å². The van der Waals surface area contributed by atoms with Gasteiger partial charge in [-0.05, 0) is 69.1 Å². The van der Waals surface area contributed by atoms with E-state index in [1.54, 1.807) is 4.90 Å². The molecule has 5 unspecified atom stereocenters. The average molecular weight is 444 g/mol. The van der Waals surface area contributed by atoms with Gasteiger partial charge >= 0.3 is 0 Å². The molecule has 5 rings (SSSR count). The fraction of sp³-hybridized carbons (Fsp3) is 0.800. The van der Waals surface area contributed by atoms with Crippen molar-refractivity contribution in [3.8, 4) is 0 Å². The summed E-state index contributed by atoms with van der Waals surface area (Å²) in [6, 6.07) is -1.22. The summed E-state index contributed by atoms with van der Waals surface area (Å²) >= 11 is 0. The second kappa shape index (κ2) is 6.58. The van der Waals surface area contributed by atoms with Crippen LogP contribution in [-0.4, -0.2) is 51.0 Å².